The van der Waals surface area contributed by atoms with Crippen molar-refractivity contribution in [3.8, 4) is 0 Å². The summed E-state index contributed by atoms with van der Waals surface area (Å²) in [6.07, 6.45) is 6.52. The summed E-state index contributed by atoms with van der Waals surface area (Å²) in [7, 11) is 1.72. The van der Waals surface area contributed by atoms with Crippen LogP contribution in [0.4, 0.5) is 0 Å². The fraction of sp³-hybridized carbons (Fsp3) is 0.636. The number of hydrogen-bond acceptors (Lipinski definition) is 2. The van der Waals surface area contributed by atoms with Gasteiger partial charge in [0.1, 0.15) is 0 Å². The lowest BCUT2D eigenvalue weighted by molar-refractivity contribution is -0.121. The lowest BCUT2D eigenvalue weighted by atomic mass is 9.64. The normalized spacial score (nSPS) is 19.4. The Labute approximate surface area is 186 Å². The molecule has 5 nitrogen and oxygen atoms in total. The molecule has 28 heavy (non-hydrogen) atoms. The number of carbonyl (C=O) groups excluding carboxylic acids is 1. The van der Waals surface area contributed by atoms with Gasteiger partial charge in [0, 0.05) is 38.5 Å². The van der Waals surface area contributed by atoms with Crippen LogP contribution in [0.25, 0.3) is 0 Å². The van der Waals surface area contributed by atoms with E-state index >= 15 is 0 Å². The van der Waals surface area contributed by atoms with Crippen LogP contribution in [0.5, 0.6) is 0 Å². The fourth-order valence-corrected chi connectivity index (χ4v) is 4.30. The molecule has 156 valence electrons. The summed E-state index contributed by atoms with van der Waals surface area (Å²) < 4.78 is 0. The van der Waals surface area contributed by atoms with E-state index in [0.717, 1.165) is 45.0 Å². The summed E-state index contributed by atoms with van der Waals surface area (Å²) in [6, 6.07) is 10.9. The minimum atomic E-state index is 0. The van der Waals surface area contributed by atoms with Crippen LogP contribution in [0.3, 0.4) is 0 Å². The van der Waals surface area contributed by atoms with Crippen LogP contribution in [0, 0.1) is 5.92 Å². The Hall–Kier alpha value is -1.31. The summed E-state index contributed by atoms with van der Waals surface area (Å²) in [5.74, 6) is 1.69. The first-order valence-corrected chi connectivity index (χ1v) is 10.5. The standard InChI is InChI=1S/C22H34N4O.HI/c1-3-24-21(26-14-10-18(11-15-26)16-20(27)23-2)25-17-22(12-7-13-22)19-8-5-4-6-9-19;/h4-6,8-9,18H,3,7,10-17H2,1-2H3,(H,23,27)(H,24,25);1H. The van der Waals surface area contributed by atoms with Crippen molar-refractivity contribution in [1.29, 1.82) is 0 Å². The fourth-order valence-electron chi connectivity index (χ4n) is 4.30. The van der Waals surface area contributed by atoms with Gasteiger partial charge in [0.15, 0.2) is 5.96 Å². The first-order chi connectivity index (χ1) is 13.2. The Bertz CT molecular complexity index is 637. The molecule has 0 radical (unpaired) electrons. The Morgan fingerprint density at radius 2 is 1.89 bits per heavy atom. The Morgan fingerprint density at radius 1 is 1.21 bits per heavy atom. The Kier molecular flexibility index (Phi) is 9.05. The zero-order valence-electron chi connectivity index (χ0n) is 17.2. The molecule has 6 heteroatoms. The van der Waals surface area contributed by atoms with Crippen LogP contribution in [0.2, 0.25) is 0 Å². The molecule has 0 unspecified atom stereocenters. The molecule has 1 aliphatic heterocycles. The van der Waals surface area contributed by atoms with Crippen molar-refractivity contribution < 1.29 is 4.79 Å². The van der Waals surface area contributed by atoms with Crippen molar-refractivity contribution in [3.63, 3.8) is 0 Å². The highest BCUT2D eigenvalue weighted by molar-refractivity contribution is 14.0. The van der Waals surface area contributed by atoms with Crippen LogP contribution >= 0.6 is 24.0 Å². The number of halogens is 1. The number of carbonyl (C=O) groups is 1. The topological polar surface area (TPSA) is 56.7 Å². The lowest BCUT2D eigenvalue weighted by Crippen LogP contribution is -2.47. The number of nitrogens with one attached hydrogen (secondary N) is 2. The zero-order chi connectivity index (χ0) is 19.1. The molecule has 0 spiro atoms. The van der Waals surface area contributed by atoms with E-state index in [0.29, 0.717) is 12.3 Å². The maximum Gasteiger partial charge on any atom is 0.220 e. The molecule has 1 aromatic carbocycles. The van der Waals surface area contributed by atoms with E-state index in [1.807, 2.05) is 0 Å². The smallest absolute Gasteiger partial charge is 0.220 e. The number of hydrogen-bond donors (Lipinski definition) is 2. The second kappa shape index (κ2) is 11.0. The van der Waals surface area contributed by atoms with E-state index in [9.17, 15) is 4.79 Å². The van der Waals surface area contributed by atoms with Gasteiger partial charge in [-0.25, -0.2) is 0 Å². The molecule has 3 rings (SSSR count). The van der Waals surface area contributed by atoms with Gasteiger partial charge in [-0.3, -0.25) is 9.79 Å². The van der Waals surface area contributed by atoms with Crippen molar-refractivity contribution in [2.45, 2.75) is 50.9 Å². The number of piperidine rings is 1. The first kappa shape index (κ1) is 23.0. The van der Waals surface area contributed by atoms with E-state index in [-0.39, 0.29) is 35.3 Å². The number of guanidine groups is 1. The van der Waals surface area contributed by atoms with E-state index in [2.05, 4.69) is 52.8 Å². The summed E-state index contributed by atoms with van der Waals surface area (Å²) in [4.78, 5) is 19.1. The molecule has 1 aliphatic carbocycles. The number of amides is 1. The number of likely N-dealkylation sites (tertiary alicyclic amines) is 1. The van der Waals surface area contributed by atoms with E-state index in [1.54, 1.807) is 7.05 Å². The van der Waals surface area contributed by atoms with Gasteiger partial charge in [-0.15, -0.1) is 24.0 Å². The van der Waals surface area contributed by atoms with Gasteiger partial charge >= 0.3 is 0 Å². The van der Waals surface area contributed by atoms with Crippen LogP contribution in [-0.2, 0) is 10.2 Å². The van der Waals surface area contributed by atoms with Crippen LogP contribution in [0.1, 0.15) is 51.0 Å². The summed E-state index contributed by atoms with van der Waals surface area (Å²) in [5.41, 5.74) is 1.65. The number of aliphatic imine (C=N–C) groups is 1. The number of nitrogens with zero attached hydrogens (tertiary/aromatic N) is 2. The van der Waals surface area contributed by atoms with Gasteiger partial charge < -0.3 is 15.5 Å². The Morgan fingerprint density at radius 3 is 2.43 bits per heavy atom. The molecule has 2 fully saturated rings. The van der Waals surface area contributed by atoms with E-state index < -0.39 is 0 Å². The van der Waals surface area contributed by atoms with Crippen molar-refractivity contribution >= 4 is 35.8 Å². The largest absolute Gasteiger partial charge is 0.359 e. The first-order valence-electron chi connectivity index (χ1n) is 10.5. The van der Waals surface area contributed by atoms with E-state index in [4.69, 9.17) is 4.99 Å². The molecule has 1 aromatic rings. The minimum Gasteiger partial charge on any atom is -0.359 e. The molecule has 0 aromatic heterocycles. The van der Waals surface area contributed by atoms with Gasteiger partial charge in [-0.1, -0.05) is 36.8 Å². The molecule has 2 aliphatic rings. The van der Waals surface area contributed by atoms with Gasteiger partial charge in [0.05, 0.1) is 6.54 Å². The van der Waals surface area contributed by atoms with Gasteiger partial charge in [0.2, 0.25) is 5.91 Å². The second-order valence-electron chi connectivity index (χ2n) is 7.98. The summed E-state index contributed by atoms with van der Waals surface area (Å²) in [5, 5.41) is 6.23. The highest BCUT2D eigenvalue weighted by Crippen LogP contribution is 2.43. The third-order valence-corrected chi connectivity index (χ3v) is 6.23. The SMILES string of the molecule is CCNC(=NCC1(c2ccccc2)CCC1)N1CCC(CC(=O)NC)CC1.I. The maximum absolute atomic E-state index is 11.6. The predicted molar refractivity (Wildman–Crippen MR) is 126 cm³/mol. The quantitative estimate of drug-likeness (QED) is 0.359. The molecule has 1 saturated heterocycles. The van der Waals surface area contributed by atoms with Gasteiger partial charge in [0.25, 0.3) is 0 Å². The highest BCUT2D eigenvalue weighted by atomic mass is 127. The Balaban J connectivity index is 0.00000280. The zero-order valence-corrected chi connectivity index (χ0v) is 19.6. The highest BCUT2D eigenvalue weighted by Gasteiger charge is 2.38. The van der Waals surface area contributed by atoms with Crippen LogP contribution in [-0.4, -0.2) is 50.0 Å². The van der Waals surface area contributed by atoms with Crippen molar-refractivity contribution in [1.82, 2.24) is 15.5 Å². The third-order valence-electron chi connectivity index (χ3n) is 6.23. The van der Waals surface area contributed by atoms with E-state index in [1.165, 1.54) is 24.8 Å². The minimum absolute atomic E-state index is 0. The molecule has 1 amide bonds. The summed E-state index contributed by atoms with van der Waals surface area (Å²) >= 11 is 0. The predicted octanol–water partition coefficient (Wildman–Crippen LogP) is 3.54. The molecule has 2 N–H and O–H groups in total. The monoisotopic (exact) mass is 498 g/mol. The van der Waals surface area contributed by atoms with Crippen LogP contribution < -0.4 is 10.6 Å². The van der Waals surface area contributed by atoms with Crippen molar-refractivity contribution in [3.05, 3.63) is 35.9 Å². The third kappa shape index (κ3) is 5.61. The summed E-state index contributed by atoms with van der Waals surface area (Å²) in [6.45, 7) is 5.83. The molecular formula is C22H35IN4O. The van der Waals surface area contributed by atoms with Crippen LogP contribution in [0.15, 0.2) is 35.3 Å². The van der Waals surface area contributed by atoms with Crippen molar-refractivity contribution in [2.24, 2.45) is 10.9 Å². The van der Waals surface area contributed by atoms with Gasteiger partial charge in [-0.05, 0) is 44.1 Å². The average molecular weight is 498 g/mol. The molecule has 0 bridgehead atoms. The number of benzene rings is 1. The maximum atomic E-state index is 11.6. The lowest BCUT2D eigenvalue weighted by Gasteiger charge is -2.42. The molecule has 0 atom stereocenters. The molecular weight excluding hydrogens is 463 g/mol. The second-order valence-corrected chi connectivity index (χ2v) is 7.98. The number of rotatable bonds is 6. The van der Waals surface area contributed by atoms with Gasteiger partial charge in [-0.2, -0.15) is 0 Å². The average Bonchev–Trinajstić information content (AvgIpc) is 2.67. The molecule has 1 heterocycles. The van der Waals surface area contributed by atoms with Crippen molar-refractivity contribution in [2.75, 3.05) is 33.2 Å². The molecule has 1 saturated carbocycles.